The van der Waals surface area contributed by atoms with Crippen molar-refractivity contribution in [3.8, 4) is 15.8 Å². The first kappa shape index (κ1) is 23.3. The third-order valence-corrected chi connectivity index (χ3v) is 7.66. The molecule has 1 amide bonds. The zero-order valence-electron chi connectivity index (χ0n) is 20.0. The highest BCUT2D eigenvalue weighted by molar-refractivity contribution is 7.17. The summed E-state index contributed by atoms with van der Waals surface area (Å²) in [6, 6.07) is 11.1. The monoisotopic (exact) mass is 492 g/mol. The molecule has 1 fully saturated rings. The number of carboxylic acid groups (broad SMARTS) is 1. The molecule has 0 spiro atoms. The fourth-order valence-electron chi connectivity index (χ4n) is 4.66. The van der Waals surface area contributed by atoms with E-state index in [0.29, 0.717) is 22.4 Å². The normalized spacial score (nSPS) is 18.3. The lowest BCUT2D eigenvalue weighted by atomic mass is 9.82. The van der Waals surface area contributed by atoms with Gasteiger partial charge in [0.05, 0.1) is 4.88 Å². The molecule has 5 rings (SSSR count). The molecule has 1 aliphatic carbocycles. The van der Waals surface area contributed by atoms with Crippen LogP contribution >= 0.6 is 11.3 Å². The molecule has 1 aromatic carbocycles. The highest BCUT2D eigenvalue weighted by Gasteiger charge is 2.34. The van der Waals surface area contributed by atoms with Gasteiger partial charge in [0.15, 0.2) is 11.4 Å². The fourth-order valence-corrected chi connectivity index (χ4v) is 5.52. The van der Waals surface area contributed by atoms with Crippen LogP contribution in [-0.2, 0) is 4.79 Å². The van der Waals surface area contributed by atoms with E-state index < -0.39 is 5.97 Å². The molecule has 9 heteroatoms. The van der Waals surface area contributed by atoms with E-state index in [9.17, 15) is 14.7 Å². The number of hydrogen-bond donors (Lipinski definition) is 1. The van der Waals surface area contributed by atoms with Crippen LogP contribution < -0.4 is 4.90 Å². The third-order valence-electron chi connectivity index (χ3n) is 6.59. The van der Waals surface area contributed by atoms with Gasteiger partial charge >= 0.3 is 5.97 Å². The smallest absolute Gasteiger partial charge is 0.341 e. The number of para-hydroxylation sites is 2. The van der Waals surface area contributed by atoms with Crippen LogP contribution in [0.1, 0.15) is 56.8 Å². The molecule has 8 nitrogen and oxygen atoms in total. The van der Waals surface area contributed by atoms with Gasteiger partial charge < -0.3 is 9.52 Å². The van der Waals surface area contributed by atoms with Crippen LogP contribution in [0.15, 0.2) is 47.0 Å². The van der Waals surface area contributed by atoms with E-state index in [2.05, 4.69) is 17.0 Å². The molecule has 3 heterocycles. The number of aromatic carboxylic acids is 1. The van der Waals surface area contributed by atoms with Crippen LogP contribution in [0.4, 0.5) is 5.82 Å². The van der Waals surface area contributed by atoms with Crippen molar-refractivity contribution < 1.29 is 19.1 Å². The second-order valence-electron chi connectivity index (χ2n) is 9.50. The summed E-state index contributed by atoms with van der Waals surface area (Å²) in [5.41, 5.74) is 1.48. The van der Waals surface area contributed by atoms with E-state index in [-0.39, 0.29) is 29.2 Å². The van der Waals surface area contributed by atoms with Gasteiger partial charge in [-0.05, 0) is 69.7 Å². The summed E-state index contributed by atoms with van der Waals surface area (Å²) in [5, 5.41) is 15.2. The summed E-state index contributed by atoms with van der Waals surface area (Å²) in [4.78, 5) is 32.6. The van der Waals surface area contributed by atoms with Gasteiger partial charge in [-0.2, -0.15) is 0 Å². The molecule has 182 valence electrons. The van der Waals surface area contributed by atoms with Crippen LogP contribution in [0.3, 0.4) is 0 Å². The number of anilines is 1. The number of carboxylic acids is 1. The molecule has 1 N–H and O–H groups in total. The van der Waals surface area contributed by atoms with Crippen molar-refractivity contribution >= 4 is 40.1 Å². The van der Waals surface area contributed by atoms with Crippen LogP contribution in [-0.4, -0.2) is 37.8 Å². The Labute approximate surface area is 207 Å². The Bertz CT molecular complexity index is 1340. The number of thiophene rings is 1. The first-order valence-electron chi connectivity index (χ1n) is 11.9. The Morgan fingerprint density at radius 2 is 1.89 bits per heavy atom. The van der Waals surface area contributed by atoms with Crippen molar-refractivity contribution in [2.45, 2.75) is 52.5 Å². The predicted molar refractivity (Wildman–Crippen MR) is 135 cm³/mol. The molecule has 4 aromatic rings. The lowest BCUT2D eigenvalue weighted by molar-refractivity contribution is -0.123. The molecular weight excluding hydrogens is 464 g/mol. The summed E-state index contributed by atoms with van der Waals surface area (Å²) in [5.74, 6) is 0.0462. The molecular formula is C26H28N4O4S. The summed E-state index contributed by atoms with van der Waals surface area (Å²) in [6.45, 7) is 6.00. The van der Waals surface area contributed by atoms with Gasteiger partial charge in [-0.25, -0.2) is 14.5 Å². The Balaban J connectivity index is 1.48. The van der Waals surface area contributed by atoms with Gasteiger partial charge in [0.1, 0.15) is 16.1 Å². The number of carbonyl (C=O) groups excluding carboxylic acids is 1. The van der Waals surface area contributed by atoms with E-state index in [1.807, 2.05) is 50.2 Å². The molecule has 1 saturated carbocycles. The third kappa shape index (κ3) is 4.48. The first-order chi connectivity index (χ1) is 16.8. The van der Waals surface area contributed by atoms with E-state index in [1.165, 1.54) is 22.2 Å². The highest BCUT2D eigenvalue weighted by Crippen LogP contribution is 2.35. The van der Waals surface area contributed by atoms with Gasteiger partial charge in [0, 0.05) is 18.2 Å². The van der Waals surface area contributed by atoms with Gasteiger partial charge in [-0.15, -0.1) is 16.4 Å². The number of hydrogen-bond acceptors (Lipinski definition) is 6. The van der Waals surface area contributed by atoms with Crippen LogP contribution in [0.25, 0.3) is 26.9 Å². The topological polar surface area (TPSA) is 101 Å². The molecule has 35 heavy (non-hydrogen) atoms. The predicted octanol–water partition coefficient (Wildman–Crippen LogP) is 6.01. The number of rotatable bonds is 6. The summed E-state index contributed by atoms with van der Waals surface area (Å²) < 4.78 is 7.40. The van der Waals surface area contributed by atoms with E-state index in [1.54, 1.807) is 4.90 Å². The number of carbonyl (C=O) groups is 2. The van der Waals surface area contributed by atoms with Crippen molar-refractivity contribution in [1.29, 1.82) is 0 Å². The molecule has 0 unspecified atom stereocenters. The Kier molecular flexibility index (Phi) is 6.19. The Hall–Kier alpha value is -3.46. The second kappa shape index (κ2) is 9.30. The number of nitrogens with zero attached hydrogens (tertiary/aromatic N) is 4. The van der Waals surface area contributed by atoms with Crippen molar-refractivity contribution in [2.24, 2.45) is 11.8 Å². The van der Waals surface area contributed by atoms with Crippen LogP contribution in [0.2, 0.25) is 0 Å². The number of amides is 1. The minimum absolute atomic E-state index is 0.00744. The number of oxazole rings is 1. The molecule has 0 aliphatic heterocycles. The molecule has 1 aliphatic rings. The van der Waals surface area contributed by atoms with E-state index in [0.717, 1.165) is 36.1 Å². The quantitative estimate of drug-likeness (QED) is 0.354. The summed E-state index contributed by atoms with van der Waals surface area (Å²) in [7, 11) is 0. The molecule has 0 radical (unpaired) electrons. The van der Waals surface area contributed by atoms with Gasteiger partial charge in [-0.3, -0.25) is 9.69 Å². The SMILES string of the molecule is CC(C)N(c1nn(-c2ccc(-c3nc4ccccc4o3)s2)cc1C(=O)O)C(=O)[C@H]1CC[C@H](C)CC1. The summed E-state index contributed by atoms with van der Waals surface area (Å²) >= 11 is 1.39. The maximum Gasteiger partial charge on any atom is 0.341 e. The average Bonchev–Trinajstić information content (AvgIpc) is 3.57. The molecule has 0 saturated heterocycles. The molecule has 3 aromatic heterocycles. The minimum atomic E-state index is -1.11. The van der Waals surface area contributed by atoms with Gasteiger partial charge in [-0.1, -0.05) is 19.1 Å². The largest absolute Gasteiger partial charge is 0.477 e. The lowest BCUT2D eigenvalue weighted by Gasteiger charge is -2.32. The first-order valence-corrected chi connectivity index (χ1v) is 12.8. The maximum absolute atomic E-state index is 13.5. The molecule has 0 atom stereocenters. The van der Waals surface area contributed by atoms with Crippen molar-refractivity contribution in [2.75, 3.05) is 4.90 Å². The standard InChI is InChI=1S/C26H28N4O4S/c1-15(2)30(25(31)17-10-8-16(3)9-11-17)23-18(26(32)33)14-29(28-23)22-13-12-21(35-22)24-27-19-6-4-5-7-20(19)34-24/h4-7,12-17H,8-11H2,1-3H3,(H,32,33)/t16-,17-. The number of fused-ring (bicyclic) bond motifs is 1. The number of aromatic nitrogens is 3. The molecule has 0 bridgehead atoms. The number of benzene rings is 1. The summed E-state index contributed by atoms with van der Waals surface area (Å²) in [6.07, 6.45) is 5.15. The van der Waals surface area contributed by atoms with Crippen LogP contribution in [0, 0.1) is 11.8 Å². The van der Waals surface area contributed by atoms with Gasteiger partial charge in [0.2, 0.25) is 11.8 Å². The zero-order valence-corrected chi connectivity index (χ0v) is 20.8. The fraction of sp³-hybridized carbons (Fsp3) is 0.385. The van der Waals surface area contributed by atoms with Crippen molar-refractivity contribution in [3.05, 3.63) is 48.2 Å². The Morgan fingerprint density at radius 1 is 1.14 bits per heavy atom. The second-order valence-corrected chi connectivity index (χ2v) is 10.6. The van der Waals surface area contributed by atoms with Crippen molar-refractivity contribution in [3.63, 3.8) is 0 Å². The van der Waals surface area contributed by atoms with Gasteiger partial charge in [0.25, 0.3) is 0 Å². The Morgan fingerprint density at radius 3 is 2.57 bits per heavy atom. The highest BCUT2D eigenvalue weighted by atomic mass is 32.1. The van der Waals surface area contributed by atoms with Crippen molar-refractivity contribution in [1.82, 2.24) is 14.8 Å². The minimum Gasteiger partial charge on any atom is -0.477 e. The maximum atomic E-state index is 13.5. The average molecular weight is 493 g/mol. The van der Waals surface area contributed by atoms with E-state index in [4.69, 9.17) is 4.42 Å². The zero-order chi connectivity index (χ0) is 24.7. The van der Waals surface area contributed by atoms with Crippen LogP contribution in [0.5, 0.6) is 0 Å². The lowest BCUT2D eigenvalue weighted by Crippen LogP contribution is -2.43. The van der Waals surface area contributed by atoms with E-state index >= 15 is 0 Å².